The van der Waals surface area contributed by atoms with Crippen molar-refractivity contribution in [3.8, 4) is 0 Å². The molecule has 0 amide bonds. The molecule has 0 saturated carbocycles. The van der Waals surface area contributed by atoms with Crippen LogP contribution in [0.3, 0.4) is 0 Å². The second-order valence-electron chi connectivity index (χ2n) is 3.80. The molecule has 0 N–H and O–H groups in total. The zero-order chi connectivity index (χ0) is 12.0. The number of carbonyl (C=O) groups excluding carboxylic acids is 1. The number of esters is 1. The highest BCUT2D eigenvalue weighted by Crippen LogP contribution is 2.14. The van der Waals surface area contributed by atoms with Crippen molar-refractivity contribution < 1.29 is 22.7 Å². The van der Waals surface area contributed by atoms with Crippen molar-refractivity contribution in [1.29, 1.82) is 0 Å². The van der Waals surface area contributed by atoms with Gasteiger partial charge in [0.2, 0.25) is 0 Å². The number of sulfone groups is 1. The third kappa shape index (κ3) is 4.94. The van der Waals surface area contributed by atoms with E-state index < -0.39 is 15.8 Å². The summed E-state index contributed by atoms with van der Waals surface area (Å²) < 4.78 is 33.1. The van der Waals surface area contributed by atoms with Gasteiger partial charge in [0.1, 0.15) is 0 Å². The summed E-state index contributed by atoms with van der Waals surface area (Å²) in [6.07, 6.45) is 1.45. The number of hydrogen-bond donors (Lipinski definition) is 0. The summed E-state index contributed by atoms with van der Waals surface area (Å²) in [6.45, 7) is 2.61. The first kappa shape index (κ1) is 13.4. The number of hydrogen-bond acceptors (Lipinski definition) is 5. The topological polar surface area (TPSA) is 69.7 Å². The van der Waals surface area contributed by atoms with Crippen LogP contribution in [0.2, 0.25) is 0 Å². The lowest BCUT2D eigenvalue weighted by Crippen LogP contribution is -2.24. The molecule has 1 unspecified atom stereocenters. The maximum atomic E-state index is 11.6. The van der Waals surface area contributed by atoms with Crippen molar-refractivity contribution in [1.82, 2.24) is 0 Å². The molecule has 0 aromatic carbocycles. The van der Waals surface area contributed by atoms with Gasteiger partial charge in [-0.1, -0.05) is 0 Å². The van der Waals surface area contributed by atoms with E-state index in [-0.39, 0.29) is 30.6 Å². The first-order valence-corrected chi connectivity index (χ1v) is 7.33. The summed E-state index contributed by atoms with van der Waals surface area (Å²) >= 11 is 0. The zero-order valence-corrected chi connectivity index (χ0v) is 10.3. The summed E-state index contributed by atoms with van der Waals surface area (Å²) in [4.78, 5) is 11.0. The molecule has 1 aliphatic heterocycles. The first-order chi connectivity index (χ1) is 7.53. The fraction of sp³-hybridized carbons (Fsp3) is 0.900. The Balaban J connectivity index is 2.30. The molecule has 0 aromatic heterocycles. The molecule has 0 aromatic rings. The lowest BCUT2D eigenvalue weighted by molar-refractivity contribution is -0.142. The highest BCUT2D eigenvalue weighted by molar-refractivity contribution is 7.91. The Labute approximate surface area is 96.0 Å². The van der Waals surface area contributed by atoms with Gasteiger partial charge in [-0.25, -0.2) is 8.42 Å². The van der Waals surface area contributed by atoms with Crippen LogP contribution in [-0.4, -0.2) is 45.2 Å². The zero-order valence-electron chi connectivity index (χ0n) is 9.48. The molecule has 6 heteroatoms. The van der Waals surface area contributed by atoms with Crippen molar-refractivity contribution >= 4 is 15.8 Å². The van der Waals surface area contributed by atoms with Crippen molar-refractivity contribution in [2.24, 2.45) is 0 Å². The Morgan fingerprint density at radius 3 is 2.81 bits per heavy atom. The van der Waals surface area contributed by atoms with Gasteiger partial charge in [0.15, 0.2) is 9.84 Å². The Kier molecular flexibility index (Phi) is 5.21. The van der Waals surface area contributed by atoms with Gasteiger partial charge in [0.05, 0.1) is 30.6 Å². The highest BCUT2D eigenvalue weighted by atomic mass is 32.2. The number of carbonyl (C=O) groups is 1. The Hall–Kier alpha value is -0.620. The second kappa shape index (κ2) is 6.20. The van der Waals surface area contributed by atoms with Crippen LogP contribution in [0.15, 0.2) is 0 Å². The largest absolute Gasteiger partial charge is 0.466 e. The van der Waals surface area contributed by atoms with E-state index in [9.17, 15) is 13.2 Å². The highest BCUT2D eigenvalue weighted by Gasteiger charge is 2.23. The van der Waals surface area contributed by atoms with E-state index in [0.29, 0.717) is 6.61 Å². The van der Waals surface area contributed by atoms with Crippen LogP contribution in [0.1, 0.15) is 26.2 Å². The minimum Gasteiger partial charge on any atom is -0.466 e. The quantitative estimate of drug-likeness (QED) is 0.643. The van der Waals surface area contributed by atoms with Crippen LogP contribution in [0.4, 0.5) is 0 Å². The summed E-state index contributed by atoms with van der Waals surface area (Å²) in [5.74, 6) is -0.587. The molecule has 0 bridgehead atoms. The fourth-order valence-corrected chi connectivity index (χ4v) is 3.09. The molecule has 1 fully saturated rings. The number of ether oxygens (including phenoxy) is 2. The molecule has 16 heavy (non-hydrogen) atoms. The first-order valence-electron chi connectivity index (χ1n) is 5.51. The van der Waals surface area contributed by atoms with Crippen LogP contribution in [-0.2, 0) is 24.1 Å². The van der Waals surface area contributed by atoms with E-state index in [0.717, 1.165) is 12.8 Å². The van der Waals surface area contributed by atoms with Crippen LogP contribution in [0.25, 0.3) is 0 Å². The Bertz CT molecular complexity index is 316. The molecule has 1 saturated heterocycles. The van der Waals surface area contributed by atoms with Crippen LogP contribution >= 0.6 is 0 Å². The Morgan fingerprint density at radius 2 is 2.25 bits per heavy atom. The van der Waals surface area contributed by atoms with E-state index in [1.54, 1.807) is 6.92 Å². The monoisotopic (exact) mass is 250 g/mol. The second-order valence-corrected chi connectivity index (χ2v) is 6.03. The fourth-order valence-electron chi connectivity index (χ4n) is 1.61. The molecule has 0 aliphatic carbocycles. The molecule has 0 radical (unpaired) electrons. The molecule has 5 nitrogen and oxygen atoms in total. The third-order valence-corrected chi connectivity index (χ3v) is 4.09. The minimum atomic E-state index is -3.20. The molecule has 0 spiro atoms. The van der Waals surface area contributed by atoms with Gasteiger partial charge in [0, 0.05) is 6.61 Å². The van der Waals surface area contributed by atoms with Crippen LogP contribution < -0.4 is 0 Å². The average molecular weight is 250 g/mol. The Morgan fingerprint density at radius 1 is 1.50 bits per heavy atom. The predicted molar refractivity (Wildman–Crippen MR) is 58.9 cm³/mol. The predicted octanol–water partition coefficient (Wildman–Crippen LogP) is 0.533. The molecular weight excluding hydrogens is 232 g/mol. The van der Waals surface area contributed by atoms with Gasteiger partial charge in [-0.3, -0.25) is 4.79 Å². The van der Waals surface area contributed by atoms with E-state index in [1.165, 1.54) is 0 Å². The minimum absolute atomic E-state index is 0.0202. The maximum Gasteiger partial charge on any atom is 0.306 e. The standard InChI is InChI=1S/C10H18O5S/c1-2-14-10(11)5-7-16(12,13)8-9-4-3-6-15-9/h9H,2-8H2,1H3. The van der Waals surface area contributed by atoms with Gasteiger partial charge in [0.25, 0.3) is 0 Å². The van der Waals surface area contributed by atoms with Gasteiger partial charge in [-0.15, -0.1) is 0 Å². The lowest BCUT2D eigenvalue weighted by Gasteiger charge is -2.09. The van der Waals surface area contributed by atoms with E-state index in [4.69, 9.17) is 4.74 Å². The molecular formula is C10H18O5S. The SMILES string of the molecule is CCOC(=O)CCS(=O)(=O)CC1CCCO1. The van der Waals surface area contributed by atoms with Gasteiger partial charge in [-0.05, 0) is 19.8 Å². The molecule has 1 heterocycles. The average Bonchev–Trinajstić information content (AvgIpc) is 2.67. The van der Waals surface area contributed by atoms with Crippen molar-refractivity contribution in [2.45, 2.75) is 32.3 Å². The van der Waals surface area contributed by atoms with Gasteiger partial charge in [-0.2, -0.15) is 0 Å². The maximum absolute atomic E-state index is 11.6. The van der Waals surface area contributed by atoms with E-state index in [2.05, 4.69) is 4.74 Å². The van der Waals surface area contributed by atoms with Gasteiger partial charge >= 0.3 is 5.97 Å². The third-order valence-electron chi connectivity index (χ3n) is 2.39. The van der Waals surface area contributed by atoms with E-state index in [1.807, 2.05) is 0 Å². The van der Waals surface area contributed by atoms with E-state index >= 15 is 0 Å². The molecule has 1 rings (SSSR count). The summed E-state index contributed by atoms with van der Waals surface area (Å²) in [5, 5.41) is 0. The molecule has 94 valence electrons. The normalized spacial score (nSPS) is 20.9. The smallest absolute Gasteiger partial charge is 0.306 e. The van der Waals surface area contributed by atoms with Crippen LogP contribution in [0.5, 0.6) is 0 Å². The van der Waals surface area contributed by atoms with Crippen molar-refractivity contribution in [3.05, 3.63) is 0 Å². The molecule has 1 atom stereocenters. The van der Waals surface area contributed by atoms with Crippen molar-refractivity contribution in [2.75, 3.05) is 24.7 Å². The summed E-state index contributed by atoms with van der Waals surface area (Å²) in [5.41, 5.74) is 0. The summed E-state index contributed by atoms with van der Waals surface area (Å²) in [6, 6.07) is 0. The lowest BCUT2D eigenvalue weighted by atomic mass is 10.3. The van der Waals surface area contributed by atoms with Crippen molar-refractivity contribution in [3.63, 3.8) is 0 Å². The summed E-state index contributed by atoms with van der Waals surface area (Å²) in [7, 11) is -3.20. The molecule has 1 aliphatic rings. The number of rotatable bonds is 6. The van der Waals surface area contributed by atoms with Crippen LogP contribution in [0, 0.1) is 0 Å². The van der Waals surface area contributed by atoms with Gasteiger partial charge < -0.3 is 9.47 Å².